The fourth-order valence-electron chi connectivity index (χ4n) is 2.67. The van der Waals surface area contributed by atoms with Crippen molar-refractivity contribution in [2.45, 2.75) is 24.8 Å². The zero-order valence-corrected chi connectivity index (χ0v) is 14.8. The number of nitrogens with two attached hydrogens (primary N) is 1. The van der Waals surface area contributed by atoms with Gasteiger partial charge in [0, 0.05) is 24.4 Å². The number of ketones is 1. The van der Waals surface area contributed by atoms with E-state index in [2.05, 4.69) is 19.7 Å². The average Bonchev–Trinajstić information content (AvgIpc) is 2.61. The maximum atomic E-state index is 14.4. The van der Waals surface area contributed by atoms with Crippen LogP contribution in [0, 0.1) is 5.82 Å². The highest BCUT2D eigenvalue weighted by Crippen LogP contribution is 2.44. The molecule has 2 aromatic rings. The van der Waals surface area contributed by atoms with Crippen LogP contribution in [0.25, 0.3) is 0 Å². The Morgan fingerprint density at radius 2 is 2.00 bits per heavy atom. The molecule has 10 heteroatoms. The van der Waals surface area contributed by atoms with Crippen LogP contribution >= 0.6 is 11.6 Å². The largest absolute Gasteiger partial charge is 0.459 e. The molecule has 0 aliphatic carbocycles. The third-order valence-electron chi connectivity index (χ3n) is 4.24. The lowest BCUT2D eigenvalue weighted by Gasteiger charge is -2.37. The van der Waals surface area contributed by atoms with Crippen molar-refractivity contribution in [2.24, 2.45) is 10.7 Å². The van der Waals surface area contributed by atoms with Crippen molar-refractivity contribution < 1.29 is 22.7 Å². The number of ether oxygens (including phenoxy) is 1. The monoisotopic (exact) mass is 398 g/mol. The van der Waals surface area contributed by atoms with Crippen molar-refractivity contribution in [3.8, 4) is 0 Å². The lowest BCUT2D eigenvalue weighted by Crippen LogP contribution is -2.51. The van der Waals surface area contributed by atoms with Crippen LogP contribution in [0.3, 0.4) is 0 Å². The standard InChI is InChI=1S/C17H14ClF3N4O2/c1-16(17(20,21)8-27-15(22)25-16)11-4-9(2-3-12(11)19)5-13(26)14-23-6-10(18)7-24-14/h2-4,6-7H,5,8H2,1H3,(H2,22,25)/t16-/m1/s1. The van der Waals surface area contributed by atoms with E-state index in [1.807, 2.05) is 0 Å². The van der Waals surface area contributed by atoms with Gasteiger partial charge in [-0.3, -0.25) is 4.79 Å². The number of benzene rings is 1. The first-order chi connectivity index (χ1) is 12.6. The van der Waals surface area contributed by atoms with Gasteiger partial charge in [0.2, 0.25) is 5.78 Å². The summed E-state index contributed by atoms with van der Waals surface area (Å²) in [6.45, 7) is 0.0365. The molecule has 0 saturated carbocycles. The van der Waals surface area contributed by atoms with E-state index in [4.69, 9.17) is 17.3 Å². The lowest BCUT2D eigenvalue weighted by atomic mass is 9.84. The number of aliphatic imine (C=N–C) groups is 1. The topological polar surface area (TPSA) is 90.5 Å². The van der Waals surface area contributed by atoms with Gasteiger partial charge in [0.25, 0.3) is 6.02 Å². The highest BCUT2D eigenvalue weighted by atomic mass is 35.5. The van der Waals surface area contributed by atoms with Gasteiger partial charge in [0.15, 0.2) is 18.0 Å². The van der Waals surface area contributed by atoms with Crippen LogP contribution in [-0.2, 0) is 16.7 Å². The minimum atomic E-state index is -3.50. The molecule has 1 atom stereocenters. The smallest absolute Gasteiger partial charge is 0.310 e. The molecule has 0 unspecified atom stereocenters. The highest BCUT2D eigenvalue weighted by Gasteiger charge is 2.56. The summed E-state index contributed by atoms with van der Waals surface area (Å²) >= 11 is 5.67. The molecule has 142 valence electrons. The van der Waals surface area contributed by atoms with Crippen molar-refractivity contribution in [3.63, 3.8) is 0 Å². The molecule has 0 spiro atoms. The predicted octanol–water partition coefficient (Wildman–Crippen LogP) is 2.89. The van der Waals surface area contributed by atoms with Gasteiger partial charge >= 0.3 is 5.92 Å². The minimum Gasteiger partial charge on any atom is -0.459 e. The number of rotatable bonds is 4. The lowest BCUT2D eigenvalue weighted by molar-refractivity contribution is -0.117. The van der Waals surface area contributed by atoms with E-state index >= 15 is 0 Å². The fraction of sp³-hybridized carbons (Fsp3) is 0.294. The molecule has 0 amide bonds. The normalized spacial score (nSPS) is 21.3. The molecule has 3 rings (SSSR count). The number of halogens is 4. The molecular weight excluding hydrogens is 385 g/mol. The summed E-state index contributed by atoms with van der Waals surface area (Å²) in [5.41, 5.74) is 3.06. The summed E-state index contributed by atoms with van der Waals surface area (Å²) < 4.78 is 47.8. The Hall–Kier alpha value is -2.68. The first-order valence-corrected chi connectivity index (χ1v) is 8.16. The number of Topliss-reactive ketones (excluding diaryl/α,β-unsaturated/α-hetero) is 1. The molecule has 1 aromatic heterocycles. The third-order valence-corrected chi connectivity index (χ3v) is 4.43. The number of hydrogen-bond acceptors (Lipinski definition) is 6. The molecule has 1 aliphatic heterocycles. The van der Waals surface area contributed by atoms with E-state index in [1.165, 1.54) is 24.5 Å². The Morgan fingerprint density at radius 1 is 1.33 bits per heavy atom. The average molecular weight is 399 g/mol. The van der Waals surface area contributed by atoms with Crippen LogP contribution in [0.5, 0.6) is 0 Å². The molecule has 2 N–H and O–H groups in total. The Morgan fingerprint density at radius 3 is 2.67 bits per heavy atom. The zero-order chi connectivity index (χ0) is 19.8. The second-order valence-corrected chi connectivity index (χ2v) is 6.59. The minimum absolute atomic E-state index is 0.0878. The first kappa shape index (κ1) is 19.1. The van der Waals surface area contributed by atoms with Crippen LogP contribution in [0.2, 0.25) is 5.02 Å². The first-order valence-electron chi connectivity index (χ1n) is 7.78. The number of carbonyl (C=O) groups is 1. The predicted molar refractivity (Wildman–Crippen MR) is 91.3 cm³/mol. The SMILES string of the molecule is C[C@]1(c2cc(CC(=O)c3ncc(Cl)cn3)ccc2F)N=C(N)OCC1(F)F. The van der Waals surface area contributed by atoms with Gasteiger partial charge in [-0.25, -0.2) is 19.4 Å². The summed E-state index contributed by atoms with van der Waals surface area (Å²) in [7, 11) is 0. The molecule has 0 saturated heterocycles. The van der Waals surface area contributed by atoms with Gasteiger partial charge in [-0.15, -0.1) is 0 Å². The maximum absolute atomic E-state index is 14.4. The molecule has 0 radical (unpaired) electrons. The van der Waals surface area contributed by atoms with E-state index < -0.39 is 35.7 Å². The second-order valence-electron chi connectivity index (χ2n) is 6.15. The van der Waals surface area contributed by atoms with Gasteiger partial charge < -0.3 is 10.5 Å². The molecular formula is C17H14ClF3N4O2. The molecule has 27 heavy (non-hydrogen) atoms. The maximum Gasteiger partial charge on any atom is 0.310 e. The van der Waals surface area contributed by atoms with Crippen molar-refractivity contribution in [1.82, 2.24) is 9.97 Å². The second kappa shape index (κ2) is 6.80. The van der Waals surface area contributed by atoms with E-state index in [9.17, 15) is 18.0 Å². The van der Waals surface area contributed by atoms with Crippen molar-refractivity contribution >= 4 is 23.4 Å². The van der Waals surface area contributed by atoms with Crippen LogP contribution in [0.15, 0.2) is 35.6 Å². The molecule has 0 bridgehead atoms. The number of aromatic nitrogens is 2. The molecule has 0 fully saturated rings. The Bertz CT molecular complexity index is 921. The van der Waals surface area contributed by atoms with E-state index in [1.54, 1.807) is 0 Å². The Kier molecular flexibility index (Phi) is 4.81. The molecule has 2 heterocycles. The van der Waals surface area contributed by atoms with Gasteiger partial charge in [0.05, 0.1) is 5.02 Å². The van der Waals surface area contributed by atoms with Gasteiger partial charge in [-0.1, -0.05) is 17.7 Å². The van der Waals surface area contributed by atoms with Crippen LogP contribution in [-0.4, -0.2) is 34.3 Å². The number of nitrogens with zero attached hydrogens (tertiary/aromatic N) is 3. The number of amidine groups is 1. The molecule has 1 aliphatic rings. The van der Waals surface area contributed by atoms with Crippen molar-refractivity contribution in [2.75, 3.05) is 6.61 Å². The summed E-state index contributed by atoms with van der Waals surface area (Å²) in [5.74, 6) is -4.96. The number of hydrogen-bond donors (Lipinski definition) is 1. The summed E-state index contributed by atoms with van der Waals surface area (Å²) in [6.07, 6.45) is 2.31. The van der Waals surface area contributed by atoms with E-state index in [0.717, 1.165) is 13.0 Å². The van der Waals surface area contributed by atoms with Crippen LogP contribution in [0.1, 0.15) is 28.7 Å². The summed E-state index contributed by atoms with van der Waals surface area (Å²) in [6, 6.07) is 3.03. The summed E-state index contributed by atoms with van der Waals surface area (Å²) in [5, 5.41) is 0.265. The Labute approximate surface area is 157 Å². The van der Waals surface area contributed by atoms with Crippen LogP contribution in [0.4, 0.5) is 13.2 Å². The van der Waals surface area contributed by atoms with E-state index in [-0.39, 0.29) is 22.8 Å². The van der Waals surface area contributed by atoms with Crippen LogP contribution < -0.4 is 5.73 Å². The number of alkyl halides is 2. The highest BCUT2D eigenvalue weighted by molar-refractivity contribution is 6.30. The van der Waals surface area contributed by atoms with Crippen molar-refractivity contribution in [1.29, 1.82) is 0 Å². The van der Waals surface area contributed by atoms with Crippen molar-refractivity contribution in [3.05, 3.63) is 58.4 Å². The van der Waals surface area contributed by atoms with Gasteiger partial charge in [0.1, 0.15) is 5.82 Å². The third kappa shape index (κ3) is 3.59. The van der Waals surface area contributed by atoms with E-state index in [0.29, 0.717) is 5.56 Å². The zero-order valence-electron chi connectivity index (χ0n) is 14.0. The quantitative estimate of drug-likeness (QED) is 0.800. The summed E-state index contributed by atoms with van der Waals surface area (Å²) in [4.78, 5) is 23.5. The van der Waals surface area contributed by atoms with Gasteiger partial charge in [-0.05, 0) is 24.6 Å². The van der Waals surface area contributed by atoms with Gasteiger partial charge in [-0.2, -0.15) is 8.78 Å². The molecule has 1 aromatic carbocycles. The number of carbonyl (C=O) groups excluding carboxylic acids is 1. The molecule has 6 nitrogen and oxygen atoms in total. The Balaban J connectivity index is 1.96. The fourth-order valence-corrected chi connectivity index (χ4v) is 2.77.